The van der Waals surface area contributed by atoms with E-state index < -0.39 is 0 Å². The molecule has 0 aliphatic heterocycles. The van der Waals surface area contributed by atoms with Gasteiger partial charge in [-0.1, -0.05) is 26.0 Å². The number of hydrogen-bond donors (Lipinski definition) is 2. The Morgan fingerprint density at radius 2 is 1.76 bits per heavy atom. The number of nitrogens with one attached hydrogen (secondary N) is 1. The predicted octanol–water partition coefficient (Wildman–Crippen LogP) is 3.16. The van der Waals surface area contributed by atoms with Gasteiger partial charge in [0.1, 0.15) is 5.82 Å². The van der Waals surface area contributed by atoms with E-state index in [9.17, 15) is 9.18 Å². The highest BCUT2D eigenvalue weighted by molar-refractivity contribution is 5.79. The van der Waals surface area contributed by atoms with Crippen molar-refractivity contribution in [2.75, 3.05) is 0 Å². The molecule has 2 rings (SSSR count). The summed E-state index contributed by atoms with van der Waals surface area (Å²) in [5.41, 5.74) is 6.84. The minimum atomic E-state index is -0.256. The fourth-order valence-electron chi connectivity index (χ4n) is 2.96. The van der Waals surface area contributed by atoms with E-state index in [0.717, 1.165) is 31.2 Å². The quantitative estimate of drug-likeness (QED) is 0.895. The fraction of sp³-hybridized carbons (Fsp3) is 0.588. The lowest BCUT2D eigenvalue weighted by molar-refractivity contribution is -0.127. The van der Waals surface area contributed by atoms with Crippen LogP contribution in [0.5, 0.6) is 0 Å². The van der Waals surface area contributed by atoms with Gasteiger partial charge in [0.25, 0.3) is 0 Å². The molecule has 1 aromatic carbocycles. The third kappa shape index (κ3) is 4.27. The van der Waals surface area contributed by atoms with Gasteiger partial charge >= 0.3 is 0 Å². The zero-order valence-corrected chi connectivity index (χ0v) is 12.8. The van der Waals surface area contributed by atoms with Crippen LogP contribution in [0.25, 0.3) is 0 Å². The summed E-state index contributed by atoms with van der Waals surface area (Å²) in [5.74, 6) is 0.163. The van der Waals surface area contributed by atoms with Gasteiger partial charge in [0.15, 0.2) is 0 Å². The minimum absolute atomic E-state index is 0.0616. The summed E-state index contributed by atoms with van der Waals surface area (Å²) < 4.78 is 13.0. The second-order valence-corrected chi connectivity index (χ2v) is 6.39. The molecule has 1 fully saturated rings. The lowest BCUT2D eigenvalue weighted by atomic mass is 9.85. The molecule has 1 saturated carbocycles. The molecule has 1 aliphatic rings. The van der Waals surface area contributed by atoms with Crippen molar-refractivity contribution in [3.8, 4) is 0 Å². The molecule has 0 spiro atoms. The normalized spacial score (nSPS) is 23.9. The molecule has 0 radical (unpaired) electrons. The zero-order valence-electron chi connectivity index (χ0n) is 12.8. The standard InChI is InChI=1S/C17H25FN2O/c1-11(2)16(12-3-7-14(18)8-4-12)20-17(21)13-5-9-15(19)10-6-13/h3-4,7-8,11,13,15-16H,5-6,9-10,19H2,1-2H3,(H,20,21). The molecule has 0 aromatic heterocycles. The molecule has 0 bridgehead atoms. The summed E-state index contributed by atoms with van der Waals surface area (Å²) >= 11 is 0. The van der Waals surface area contributed by atoms with Gasteiger partial charge in [-0.2, -0.15) is 0 Å². The molecular formula is C17H25FN2O. The lowest BCUT2D eigenvalue weighted by Crippen LogP contribution is -2.39. The van der Waals surface area contributed by atoms with Crippen LogP contribution in [-0.4, -0.2) is 11.9 Å². The van der Waals surface area contributed by atoms with Crippen LogP contribution in [0.4, 0.5) is 4.39 Å². The summed E-state index contributed by atoms with van der Waals surface area (Å²) in [6.07, 6.45) is 3.56. The van der Waals surface area contributed by atoms with Crippen molar-refractivity contribution >= 4 is 5.91 Å². The van der Waals surface area contributed by atoms with E-state index in [0.29, 0.717) is 0 Å². The van der Waals surface area contributed by atoms with E-state index in [-0.39, 0.29) is 35.6 Å². The Kier molecular flexibility index (Phi) is 5.34. The Morgan fingerprint density at radius 1 is 1.19 bits per heavy atom. The molecule has 3 nitrogen and oxygen atoms in total. The Morgan fingerprint density at radius 3 is 2.29 bits per heavy atom. The highest BCUT2D eigenvalue weighted by Crippen LogP contribution is 2.26. The van der Waals surface area contributed by atoms with E-state index in [1.807, 2.05) is 0 Å². The van der Waals surface area contributed by atoms with Gasteiger partial charge in [0.2, 0.25) is 5.91 Å². The maximum Gasteiger partial charge on any atom is 0.223 e. The number of carbonyl (C=O) groups is 1. The zero-order chi connectivity index (χ0) is 15.4. The first-order valence-electron chi connectivity index (χ1n) is 7.78. The van der Waals surface area contributed by atoms with Gasteiger partial charge in [-0.3, -0.25) is 4.79 Å². The minimum Gasteiger partial charge on any atom is -0.349 e. The van der Waals surface area contributed by atoms with Gasteiger partial charge in [-0.15, -0.1) is 0 Å². The molecule has 4 heteroatoms. The molecule has 3 N–H and O–H groups in total. The summed E-state index contributed by atoms with van der Waals surface area (Å²) in [6, 6.07) is 6.54. The van der Waals surface area contributed by atoms with Crippen LogP contribution >= 0.6 is 0 Å². The molecule has 1 unspecified atom stereocenters. The van der Waals surface area contributed by atoms with Crippen LogP contribution in [0, 0.1) is 17.7 Å². The number of benzene rings is 1. The number of amides is 1. The van der Waals surface area contributed by atoms with E-state index >= 15 is 0 Å². The van der Waals surface area contributed by atoms with E-state index in [1.54, 1.807) is 12.1 Å². The molecule has 0 heterocycles. The summed E-state index contributed by atoms with van der Waals surface area (Å²) in [5, 5.41) is 3.13. The van der Waals surface area contributed by atoms with Crippen LogP contribution in [0.2, 0.25) is 0 Å². The van der Waals surface area contributed by atoms with E-state index in [4.69, 9.17) is 5.73 Å². The van der Waals surface area contributed by atoms with Crippen LogP contribution in [0.1, 0.15) is 51.1 Å². The maximum absolute atomic E-state index is 13.0. The first-order chi connectivity index (χ1) is 9.97. The highest BCUT2D eigenvalue weighted by Gasteiger charge is 2.27. The van der Waals surface area contributed by atoms with Crippen molar-refractivity contribution < 1.29 is 9.18 Å². The Balaban J connectivity index is 2.02. The van der Waals surface area contributed by atoms with E-state index in [2.05, 4.69) is 19.2 Å². The average Bonchev–Trinajstić information content (AvgIpc) is 2.46. The highest BCUT2D eigenvalue weighted by atomic mass is 19.1. The van der Waals surface area contributed by atoms with Crippen LogP contribution < -0.4 is 11.1 Å². The predicted molar refractivity (Wildman–Crippen MR) is 82.1 cm³/mol. The summed E-state index contributed by atoms with van der Waals surface area (Å²) in [7, 11) is 0. The summed E-state index contributed by atoms with van der Waals surface area (Å²) in [4.78, 5) is 12.4. The van der Waals surface area contributed by atoms with Crippen molar-refractivity contribution in [3.05, 3.63) is 35.6 Å². The van der Waals surface area contributed by atoms with Crippen LogP contribution in [-0.2, 0) is 4.79 Å². The van der Waals surface area contributed by atoms with Crippen molar-refractivity contribution in [3.63, 3.8) is 0 Å². The van der Waals surface area contributed by atoms with Gasteiger partial charge < -0.3 is 11.1 Å². The number of carbonyl (C=O) groups excluding carboxylic acids is 1. The largest absolute Gasteiger partial charge is 0.349 e. The molecule has 116 valence electrons. The number of hydrogen-bond acceptors (Lipinski definition) is 2. The average molecular weight is 292 g/mol. The Hall–Kier alpha value is -1.42. The van der Waals surface area contributed by atoms with Gasteiger partial charge in [-0.05, 0) is 49.3 Å². The monoisotopic (exact) mass is 292 g/mol. The smallest absolute Gasteiger partial charge is 0.223 e. The first kappa shape index (κ1) is 16.0. The first-order valence-corrected chi connectivity index (χ1v) is 7.78. The molecule has 1 atom stereocenters. The Bertz CT molecular complexity index is 464. The molecule has 21 heavy (non-hydrogen) atoms. The fourth-order valence-corrected chi connectivity index (χ4v) is 2.96. The number of halogens is 1. The second-order valence-electron chi connectivity index (χ2n) is 6.39. The molecular weight excluding hydrogens is 267 g/mol. The van der Waals surface area contributed by atoms with Gasteiger partial charge in [0, 0.05) is 12.0 Å². The topological polar surface area (TPSA) is 55.1 Å². The molecule has 1 aliphatic carbocycles. The molecule has 0 saturated heterocycles. The SMILES string of the molecule is CC(C)C(NC(=O)C1CCC(N)CC1)c1ccc(F)cc1. The lowest BCUT2D eigenvalue weighted by Gasteiger charge is -2.29. The Labute approximate surface area is 126 Å². The number of rotatable bonds is 4. The summed E-state index contributed by atoms with van der Waals surface area (Å²) in [6.45, 7) is 4.12. The maximum atomic E-state index is 13.0. The van der Waals surface area contributed by atoms with Crippen molar-refractivity contribution in [2.45, 2.75) is 51.6 Å². The van der Waals surface area contributed by atoms with Crippen molar-refractivity contribution in [1.29, 1.82) is 0 Å². The third-order valence-corrected chi connectivity index (χ3v) is 4.34. The second kappa shape index (κ2) is 7.03. The molecule has 1 amide bonds. The van der Waals surface area contributed by atoms with Gasteiger partial charge in [-0.25, -0.2) is 4.39 Å². The van der Waals surface area contributed by atoms with E-state index in [1.165, 1.54) is 12.1 Å². The number of nitrogens with two attached hydrogens (primary N) is 1. The van der Waals surface area contributed by atoms with Crippen molar-refractivity contribution in [2.24, 2.45) is 17.6 Å². The molecule has 1 aromatic rings. The third-order valence-electron chi connectivity index (χ3n) is 4.34. The van der Waals surface area contributed by atoms with Gasteiger partial charge in [0.05, 0.1) is 6.04 Å². The van der Waals surface area contributed by atoms with Crippen LogP contribution in [0.3, 0.4) is 0 Å². The van der Waals surface area contributed by atoms with Crippen LogP contribution in [0.15, 0.2) is 24.3 Å². The van der Waals surface area contributed by atoms with Crippen molar-refractivity contribution in [1.82, 2.24) is 5.32 Å².